The lowest BCUT2D eigenvalue weighted by molar-refractivity contribution is 0.0743. The summed E-state index contributed by atoms with van der Waals surface area (Å²) in [7, 11) is 0. The van der Waals surface area contributed by atoms with Crippen LogP contribution in [-0.2, 0) is 12.0 Å². The number of hydrogen-bond acceptors (Lipinski definition) is 1. The molecule has 1 aromatic rings. The fourth-order valence-electron chi connectivity index (χ4n) is 1.33. The number of aryl methyl sites for hydroxylation is 1. The Morgan fingerprint density at radius 1 is 1.21 bits per heavy atom. The van der Waals surface area contributed by atoms with Gasteiger partial charge in [0, 0.05) is 11.6 Å². The lowest BCUT2D eigenvalue weighted by Crippen LogP contribution is -2.18. The van der Waals surface area contributed by atoms with E-state index in [1.807, 2.05) is 0 Å². The van der Waals surface area contributed by atoms with E-state index in [0.29, 0.717) is 12.0 Å². The SMILES string of the molecule is CCc1cc(C(C)(C)O)c(F)cc1F. The molecule has 78 valence electrons. The summed E-state index contributed by atoms with van der Waals surface area (Å²) in [4.78, 5) is 0. The van der Waals surface area contributed by atoms with Gasteiger partial charge >= 0.3 is 0 Å². The fraction of sp³-hybridized carbons (Fsp3) is 0.455. The van der Waals surface area contributed by atoms with Crippen LogP contribution >= 0.6 is 0 Å². The minimum absolute atomic E-state index is 0.135. The Morgan fingerprint density at radius 2 is 1.79 bits per heavy atom. The summed E-state index contributed by atoms with van der Waals surface area (Å²) < 4.78 is 26.4. The maximum atomic E-state index is 13.3. The van der Waals surface area contributed by atoms with Crippen LogP contribution in [-0.4, -0.2) is 5.11 Å². The first-order chi connectivity index (χ1) is 6.36. The molecule has 1 N–H and O–H groups in total. The monoisotopic (exact) mass is 200 g/mol. The maximum absolute atomic E-state index is 13.3. The van der Waals surface area contributed by atoms with Gasteiger partial charge in [-0.1, -0.05) is 6.92 Å². The first-order valence-corrected chi connectivity index (χ1v) is 4.57. The Balaban J connectivity index is 3.32. The van der Waals surface area contributed by atoms with Crippen LogP contribution in [0.2, 0.25) is 0 Å². The highest BCUT2D eigenvalue weighted by Gasteiger charge is 2.22. The molecule has 1 rings (SSSR count). The molecule has 0 aromatic heterocycles. The maximum Gasteiger partial charge on any atom is 0.132 e. The van der Waals surface area contributed by atoms with Crippen molar-refractivity contribution in [2.75, 3.05) is 0 Å². The lowest BCUT2D eigenvalue weighted by Gasteiger charge is -2.19. The van der Waals surface area contributed by atoms with Gasteiger partial charge in [0.1, 0.15) is 11.6 Å². The van der Waals surface area contributed by atoms with E-state index in [9.17, 15) is 13.9 Å². The zero-order valence-electron chi connectivity index (χ0n) is 8.56. The highest BCUT2D eigenvalue weighted by atomic mass is 19.1. The molecule has 0 aliphatic rings. The van der Waals surface area contributed by atoms with Gasteiger partial charge in [-0.25, -0.2) is 8.78 Å². The molecule has 0 bridgehead atoms. The molecule has 0 saturated heterocycles. The molecule has 0 unspecified atom stereocenters. The van der Waals surface area contributed by atoms with E-state index < -0.39 is 17.2 Å². The molecular weight excluding hydrogens is 186 g/mol. The summed E-state index contributed by atoms with van der Waals surface area (Å²) in [5.41, 5.74) is -0.721. The van der Waals surface area contributed by atoms with Crippen LogP contribution in [0, 0.1) is 11.6 Å². The minimum Gasteiger partial charge on any atom is -0.386 e. The molecule has 1 nitrogen and oxygen atoms in total. The summed E-state index contributed by atoms with van der Waals surface area (Å²) in [6.45, 7) is 4.73. The summed E-state index contributed by atoms with van der Waals surface area (Å²) in [6.07, 6.45) is 0.481. The van der Waals surface area contributed by atoms with Gasteiger partial charge in [0.25, 0.3) is 0 Å². The van der Waals surface area contributed by atoms with Crippen molar-refractivity contribution in [3.63, 3.8) is 0 Å². The predicted molar refractivity (Wildman–Crippen MR) is 51.0 cm³/mol. The van der Waals surface area contributed by atoms with Crippen LogP contribution in [0.25, 0.3) is 0 Å². The highest BCUT2D eigenvalue weighted by Crippen LogP contribution is 2.25. The Morgan fingerprint density at radius 3 is 2.21 bits per heavy atom. The highest BCUT2D eigenvalue weighted by molar-refractivity contribution is 5.30. The number of hydrogen-bond donors (Lipinski definition) is 1. The second kappa shape index (κ2) is 3.65. The van der Waals surface area contributed by atoms with E-state index in [-0.39, 0.29) is 5.56 Å². The second-order valence-corrected chi connectivity index (χ2v) is 3.84. The van der Waals surface area contributed by atoms with Crippen LogP contribution in [0.5, 0.6) is 0 Å². The average Bonchev–Trinajstić information content (AvgIpc) is 2.02. The standard InChI is InChI=1S/C11H14F2O/c1-4-7-5-8(11(2,3)14)10(13)6-9(7)12/h5-6,14H,4H2,1-3H3. The smallest absolute Gasteiger partial charge is 0.132 e. The lowest BCUT2D eigenvalue weighted by atomic mass is 9.95. The Hall–Kier alpha value is -0.960. The van der Waals surface area contributed by atoms with Crippen molar-refractivity contribution < 1.29 is 13.9 Å². The van der Waals surface area contributed by atoms with Crippen LogP contribution in [0.1, 0.15) is 31.9 Å². The fourth-order valence-corrected chi connectivity index (χ4v) is 1.33. The van der Waals surface area contributed by atoms with E-state index in [0.717, 1.165) is 6.07 Å². The molecule has 1 aromatic carbocycles. The number of aliphatic hydroxyl groups is 1. The summed E-state index contributed by atoms with van der Waals surface area (Å²) in [5.74, 6) is -1.26. The largest absolute Gasteiger partial charge is 0.386 e. The first-order valence-electron chi connectivity index (χ1n) is 4.57. The van der Waals surface area contributed by atoms with Gasteiger partial charge in [-0.3, -0.25) is 0 Å². The van der Waals surface area contributed by atoms with E-state index >= 15 is 0 Å². The molecule has 0 amide bonds. The minimum atomic E-state index is -1.28. The third-order valence-corrected chi connectivity index (χ3v) is 2.18. The number of benzene rings is 1. The van der Waals surface area contributed by atoms with Crippen LogP contribution in [0.15, 0.2) is 12.1 Å². The van der Waals surface area contributed by atoms with E-state index in [1.54, 1.807) is 6.92 Å². The van der Waals surface area contributed by atoms with Crippen LogP contribution in [0.3, 0.4) is 0 Å². The topological polar surface area (TPSA) is 20.2 Å². The Bertz CT molecular complexity index is 340. The molecule has 0 aliphatic carbocycles. The van der Waals surface area contributed by atoms with E-state index in [1.165, 1.54) is 19.9 Å². The molecule has 3 heteroatoms. The molecular formula is C11H14F2O. The van der Waals surface area contributed by atoms with Crippen molar-refractivity contribution in [3.8, 4) is 0 Å². The summed E-state index contributed by atoms with van der Waals surface area (Å²) in [5, 5.41) is 9.62. The molecule has 0 aliphatic heterocycles. The van der Waals surface area contributed by atoms with Crippen molar-refractivity contribution >= 4 is 0 Å². The quantitative estimate of drug-likeness (QED) is 0.778. The van der Waals surface area contributed by atoms with Crippen molar-refractivity contribution in [2.45, 2.75) is 32.8 Å². The van der Waals surface area contributed by atoms with Crippen molar-refractivity contribution in [3.05, 3.63) is 34.9 Å². The molecule has 0 spiro atoms. The van der Waals surface area contributed by atoms with Gasteiger partial charge in [-0.15, -0.1) is 0 Å². The first kappa shape index (κ1) is 11.1. The van der Waals surface area contributed by atoms with Crippen molar-refractivity contribution in [1.82, 2.24) is 0 Å². The zero-order valence-corrected chi connectivity index (χ0v) is 8.56. The van der Waals surface area contributed by atoms with Crippen molar-refractivity contribution in [1.29, 1.82) is 0 Å². The van der Waals surface area contributed by atoms with Gasteiger partial charge in [0.2, 0.25) is 0 Å². The van der Waals surface area contributed by atoms with Crippen molar-refractivity contribution in [2.24, 2.45) is 0 Å². The van der Waals surface area contributed by atoms with Crippen LogP contribution in [0.4, 0.5) is 8.78 Å². The molecule has 0 radical (unpaired) electrons. The van der Waals surface area contributed by atoms with Gasteiger partial charge in [-0.05, 0) is 31.9 Å². The van der Waals surface area contributed by atoms with E-state index in [2.05, 4.69) is 0 Å². The molecule has 0 heterocycles. The van der Waals surface area contributed by atoms with Crippen LogP contribution < -0.4 is 0 Å². The molecule has 0 atom stereocenters. The van der Waals surface area contributed by atoms with Gasteiger partial charge in [0.05, 0.1) is 5.60 Å². The summed E-state index contributed by atoms with van der Waals surface area (Å²) >= 11 is 0. The third kappa shape index (κ3) is 2.10. The molecule has 0 saturated carbocycles. The Kier molecular flexibility index (Phi) is 2.90. The van der Waals surface area contributed by atoms with Gasteiger partial charge in [-0.2, -0.15) is 0 Å². The van der Waals surface area contributed by atoms with E-state index in [4.69, 9.17) is 0 Å². The average molecular weight is 200 g/mol. The molecule has 0 fully saturated rings. The third-order valence-electron chi connectivity index (χ3n) is 2.18. The number of rotatable bonds is 2. The summed E-state index contributed by atoms with van der Waals surface area (Å²) in [6, 6.07) is 2.21. The predicted octanol–water partition coefficient (Wildman–Crippen LogP) is 2.75. The Labute approximate surface area is 82.4 Å². The number of halogens is 2. The molecule has 14 heavy (non-hydrogen) atoms. The normalized spacial score (nSPS) is 11.9. The van der Waals surface area contributed by atoms with Gasteiger partial charge < -0.3 is 5.11 Å². The van der Waals surface area contributed by atoms with Gasteiger partial charge in [0.15, 0.2) is 0 Å². The zero-order chi connectivity index (χ0) is 10.9. The second-order valence-electron chi connectivity index (χ2n) is 3.84.